The third kappa shape index (κ3) is 2.73. The summed E-state index contributed by atoms with van der Waals surface area (Å²) in [6.07, 6.45) is 14.2. The Hall–Kier alpha value is -0.890. The smallest absolute Gasteiger partial charge is 0.142 e. The molecular formula is C27H42O2. The fourth-order valence-corrected chi connectivity index (χ4v) is 8.91. The van der Waals surface area contributed by atoms with Gasteiger partial charge in [0.25, 0.3) is 0 Å². The van der Waals surface area contributed by atoms with Crippen LogP contribution in [-0.2, 0) is 4.79 Å². The van der Waals surface area contributed by atoms with Crippen molar-refractivity contribution in [3.05, 3.63) is 23.3 Å². The Labute approximate surface area is 178 Å². The molecule has 0 amide bonds. The van der Waals surface area contributed by atoms with Gasteiger partial charge in [-0.1, -0.05) is 58.8 Å². The SMILES string of the molecule is CC(C=CC=O)C1CCC2(C)C3=C(CCC12C)C1(C)CCC(O)C(C)(C)C1CC3. The Balaban J connectivity index is 1.74. The third-order valence-electron chi connectivity index (χ3n) is 10.9. The molecule has 0 aromatic carbocycles. The molecule has 0 aromatic heterocycles. The van der Waals surface area contributed by atoms with Crippen LogP contribution in [0, 0.1) is 39.4 Å². The van der Waals surface area contributed by atoms with Crippen LogP contribution in [0.25, 0.3) is 0 Å². The minimum Gasteiger partial charge on any atom is -0.393 e. The second-order valence-electron chi connectivity index (χ2n) is 12.1. The lowest BCUT2D eigenvalue weighted by atomic mass is 9.43. The Kier molecular flexibility index (Phi) is 5.01. The first-order chi connectivity index (χ1) is 13.5. The summed E-state index contributed by atoms with van der Waals surface area (Å²) in [5.74, 6) is 1.72. The average Bonchev–Trinajstić information content (AvgIpc) is 2.95. The van der Waals surface area contributed by atoms with Gasteiger partial charge in [0.2, 0.25) is 0 Å². The number of rotatable bonds is 3. The van der Waals surface area contributed by atoms with Crippen LogP contribution in [-0.4, -0.2) is 17.5 Å². The monoisotopic (exact) mass is 398 g/mol. The van der Waals surface area contributed by atoms with Crippen LogP contribution < -0.4 is 0 Å². The van der Waals surface area contributed by atoms with Crippen molar-refractivity contribution < 1.29 is 9.90 Å². The Morgan fingerprint density at radius 1 is 0.966 bits per heavy atom. The number of carbonyl (C=O) groups is 1. The van der Waals surface area contributed by atoms with Gasteiger partial charge in [-0.05, 0) is 96.9 Å². The van der Waals surface area contributed by atoms with Crippen LogP contribution in [0.3, 0.4) is 0 Å². The lowest BCUT2D eigenvalue weighted by Crippen LogP contribution is -2.55. The van der Waals surface area contributed by atoms with E-state index in [0.717, 1.165) is 19.1 Å². The minimum absolute atomic E-state index is 0.0134. The molecule has 2 heteroatoms. The van der Waals surface area contributed by atoms with Crippen LogP contribution in [0.2, 0.25) is 0 Å². The molecule has 0 aromatic rings. The largest absolute Gasteiger partial charge is 0.393 e. The zero-order valence-corrected chi connectivity index (χ0v) is 19.6. The summed E-state index contributed by atoms with van der Waals surface area (Å²) in [4.78, 5) is 10.9. The normalized spacial score (nSPS) is 47.5. The van der Waals surface area contributed by atoms with Crippen LogP contribution in [0.15, 0.2) is 23.3 Å². The molecule has 7 unspecified atom stereocenters. The maximum atomic E-state index is 10.9. The van der Waals surface area contributed by atoms with Crippen molar-refractivity contribution in [3.63, 3.8) is 0 Å². The summed E-state index contributed by atoms with van der Waals surface area (Å²) < 4.78 is 0. The number of aliphatic hydroxyl groups is 1. The highest BCUT2D eigenvalue weighted by molar-refractivity contribution is 5.64. The van der Waals surface area contributed by atoms with Crippen molar-refractivity contribution in [3.8, 4) is 0 Å². The fourth-order valence-electron chi connectivity index (χ4n) is 8.91. The molecule has 4 rings (SSSR count). The summed E-state index contributed by atoms with van der Waals surface area (Å²) in [5, 5.41) is 10.7. The van der Waals surface area contributed by atoms with Gasteiger partial charge in [0.15, 0.2) is 0 Å². The summed E-state index contributed by atoms with van der Waals surface area (Å²) in [5.41, 5.74) is 4.48. The molecule has 4 aliphatic carbocycles. The second-order valence-corrected chi connectivity index (χ2v) is 12.1. The van der Waals surface area contributed by atoms with E-state index in [1.165, 1.54) is 38.5 Å². The molecule has 7 atom stereocenters. The van der Waals surface area contributed by atoms with Crippen LogP contribution in [0.4, 0.5) is 0 Å². The van der Waals surface area contributed by atoms with E-state index >= 15 is 0 Å². The van der Waals surface area contributed by atoms with Crippen molar-refractivity contribution in [2.45, 2.75) is 99.0 Å². The molecule has 2 fully saturated rings. The van der Waals surface area contributed by atoms with E-state index in [4.69, 9.17) is 0 Å². The Bertz CT molecular complexity index is 746. The van der Waals surface area contributed by atoms with E-state index in [1.807, 2.05) is 0 Å². The van der Waals surface area contributed by atoms with Crippen molar-refractivity contribution in [1.82, 2.24) is 0 Å². The van der Waals surface area contributed by atoms with Crippen LogP contribution >= 0.6 is 0 Å². The molecule has 0 bridgehead atoms. The molecule has 2 saturated carbocycles. The molecule has 0 spiro atoms. The maximum absolute atomic E-state index is 10.9. The molecule has 0 heterocycles. The fraction of sp³-hybridized carbons (Fsp3) is 0.815. The second kappa shape index (κ2) is 6.81. The predicted molar refractivity (Wildman–Crippen MR) is 119 cm³/mol. The van der Waals surface area contributed by atoms with Gasteiger partial charge in [-0.2, -0.15) is 0 Å². The molecule has 2 nitrogen and oxygen atoms in total. The molecule has 162 valence electrons. The molecule has 29 heavy (non-hydrogen) atoms. The zero-order chi connectivity index (χ0) is 21.2. The number of aldehydes is 1. The van der Waals surface area contributed by atoms with E-state index in [1.54, 1.807) is 17.2 Å². The number of carbonyl (C=O) groups excluding carboxylic acids is 1. The van der Waals surface area contributed by atoms with Gasteiger partial charge < -0.3 is 5.11 Å². The van der Waals surface area contributed by atoms with Gasteiger partial charge in [-0.3, -0.25) is 4.79 Å². The average molecular weight is 399 g/mol. The molecule has 4 aliphatic rings. The van der Waals surface area contributed by atoms with E-state index in [0.29, 0.717) is 28.6 Å². The summed E-state index contributed by atoms with van der Waals surface area (Å²) >= 11 is 0. The Morgan fingerprint density at radius 3 is 2.38 bits per heavy atom. The van der Waals surface area contributed by atoms with Gasteiger partial charge in [-0.15, -0.1) is 0 Å². The first-order valence-electron chi connectivity index (χ1n) is 12.1. The zero-order valence-electron chi connectivity index (χ0n) is 19.6. The van der Waals surface area contributed by atoms with E-state index in [-0.39, 0.29) is 16.9 Å². The van der Waals surface area contributed by atoms with Gasteiger partial charge in [-0.25, -0.2) is 0 Å². The topological polar surface area (TPSA) is 37.3 Å². The summed E-state index contributed by atoms with van der Waals surface area (Å²) in [7, 11) is 0. The maximum Gasteiger partial charge on any atom is 0.142 e. The third-order valence-corrected chi connectivity index (χ3v) is 10.9. The number of aliphatic hydroxyl groups excluding tert-OH is 1. The molecule has 1 N–H and O–H groups in total. The van der Waals surface area contributed by atoms with Crippen LogP contribution in [0.5, 0.6) is 0 Å². The molecular weight excluding hydrogens is 356 g/mol. The van der Waals surface area contributed by atoms with Crippen LogP contribution in [0.1, 0.15) is 92.9 Å². The lowest BCUT2D eigenvalue weighted by Gasteiger charge is -2.62. The first-order valence-corrected chi connectivity index (χ1v) is 12.1. The summed E-state index contributed by atoms with van der Waals surface area (Å²) in [6, 6.07) is 0. The van der Waals surface area contributed by atoms with Crippen molar-refractivity contribution in [2.75, 3.05) is 0 Å². The summed E-state index contributed by atoms with van der Waals surface area (Å²) in [6.45, 7) is 14.6. The van der Waals surface area contributed by atoms with E-state index in [2.05, 4.69) is 47.6 Å². The highest BCUT2D eigenvalue weighted by Crippen LogP contribution is 2.72. The lowest BCUT2D eigenvalue weighted by molar-refractivity contribution is -0.104. The molecule has 0 aliphatic heterocycles. The van der Waals surface area contributed by atoms with Crippen molar-refractivity contribution in [2.24, 2.45) is 39.4 Å². The highest BCUT2D eigenvalue weighted by Gasteiger charge is 2.63. The highest BCUT2D eigenvalue weighted by atomic mass is 16.3. The number of fused-ring (bicyclic) bond motifs is 4. The van der Waals surface area contributed by atoms with Crippen molar-refractivity contribution >= 4 is 6.29 Å². The molecule has 0 saturated heterocycles. The quantitative estimate of drug-likeness (QED) is 0.335. The number of hydrogen-bond acceptors (Lipinski definition) is 2. The standard InChI is InChI=1S/C27H42O2/c1-18(8-7-17-28)19-11-15-27(6)21-9-10-22-24(2,3)23(29)13-14-25(22,4)20(21)12-16-26(19,27)5/h7-8,17-19,22-23,29H,9-16H2,1-6H3. The van der Waals surface area contributed by atoms with Crippen molar-refractivity contribution in [1.29, 1.82) is 0 Å². The van der Waals surface area contributed by atoms with Gasteiger partial charge in [0.05, 0.1) is 6.10 Å². The van der Waals surface area contributed by atoms with Gasteiger partial charge in [0.1, 0.15) is 6.29 Å². The molecule has 0 radical (unpaired) electrons. The first kappa shape index (κ1) is 21.3. The number of allylic oxidation sites excluding steroid dienone is 4. The minimum atomic E-state index is -0.159. The van der Waals surface area contributed by atoms with Gasteiger partial charge in [0, 0.05) is 0 Å². The van der Waals surface area contributed by atoms with E-state index < -0.39 is 0 Å². The number of hydrogen-bond donors (Lipinski definition) is 1. The predicted octanol–water partition coefficient (Wildman–Crippen LogP) is 6.49. The van der Waals surface area contributed by atoms with Gasteiger partial charge >= 0.3 is 0 Å². The Morgan fingerprint density at radius 2 is 1.69 bits per heavy atom. The van der Waals surface area contributed by atoms with E-state index in [9.17, 15) is 9.90 Å².